The van der Waals surface area contributed by atoms with E-state index in [1.807, 2.05) is 6.92 Å². The van der Waals surface area contributed by atoms with Crippen molar-refractivity contribution in [3.63, 3.8) is 0 Å². The normalized spacial score (nSPS) is 20.4. The van der Waals surface area contributed by atoms with E-state index in [9.17, 15) is 4.79 Å². The summed E-state index contributed by atoms with van der Waals surface area (Å²) in [4.78, 5) is 17.3. The first-order valence-corrected chi connectivity index (χ1v) is 5.46. The number of pyridine rings is 1. The third-order valence-electron chi connectivity index (χ3n) is 3.25. The number of H-pyrrole nitrogens is 1. The fourth-order valence-corrected chi connectivity index (χ4v) is 2.31. The van der Waals surface area contributed by atoms with Gasteiger partial charge in [-0.1, -0.05) is 0 Å². The van der Waals surface area contributed by atoms with E-state index in [0.29, 0.717) is 6.04 Å². The predicted molar refractivity (Wildman–Crippen MR) is 61.3 cm³/mol. The number of nitrogens with one attached hydrogen (secondary N) is 1. The number of hydrogen-bond acceptors (Lipinski definition) is 2. The molecular formula is C12H18N2O. The zero-order chi connectivity index (χ0) is 11.0. The van der Waals surface area contributed by atoms with Gasteiger partial charge in [0, 0.05) is 29.1 Å². The van der Waals surface area contributed by atoms with Gasteiger partial charge in [0.25, 0.3) is 0 Å². The van der Waals surface area contributed by atoms with E-state index < -0.39 is 0 Å². The number of fused-ring (bicyclic) bond motifs is 1. The van der Waals surface area contributed by atoms with E-state index in [-0.39, 0.29) is 5.43 Å². The van der Waals surface area contributed by atoms with Crippen molar-refractivity contribution < 1.29 is 0 Å². The summed E-state index contributed by atoms with van der Waals surface area (Å²) in [7, 11) is 4.16. The minimum absolute atomic E-state index is 0.202. The van der Waals surface area contributed by atoms with Gasteiger partial charge < -0.3 is 9.88 Å². The zero-order valence-electron chi connectivity index (χ0n) is 9.63. The Hall–Kier alpha value is -1.09. The maximum absolute atomic E-state index is 11.8. The van der Waals surface area contributed by atoms with E-state index in [4.69, 9.17) is 0 Å². The molecule has 1 heterocycles. The molecule has 0 saturated carbocycles. The van der Waals surface area contributed by atoms with Crippen molar-refractivity contribution in [2.75, 3.05) is 14.1 Å². The molecule has 0 aliphatic heterocycles. The highest BCUT2D eigenvalue weighted by Crippen LogP contribution is 2.19. The van der Waals surface area contributed by atoms with Crippen LogP contribution in [0, 0.1) is 6.92 Å². The van der Waals surface area contributed by atoms with Gasteiger partial charge in [0.05, 0.1) is 0 Å². The molecule has 82 valence electrons. The second-order valence-electron chi connectivity index (χ2n) is 4.63. The van der Waals surface area contributed by atoms with Gasteiger partial charge in [0.1, 0.15) is 0 Å². The number of hydrogen-bond donors (Lipinski definition) is 1. The molecule has 1 aromatic rings. The molecule has 3 nitrogen and oxygen atoms in total. The fourth-order valence-electron chi connectivity index (χ4n) is 2.31. The molecule has 1 aliphatic rings. The van der Waals surface area contributed by atoms with Crippen molar-refractivity contribution in [3.8, 4) is 0 Å². The SMILES string of the molecule is Cc1cc(=O)c2c([nH]1)CCC(N(C)C)C2. The minimum atomic E-state index is 0.202. The van der Waals surface area contributed by atoms with Gasteiger partial charge in [-0.05, 0) is 40.3 Å². The highest BCUT2D eigenvalue weighted by molar-refractivity contribution is 5.26. The minimum Gasteiger partial charge on any atom is -0.362 e. The maximum atomic E-state index is 11.8. The van der Waals surface area contributed by atoms with E-state index in [1.54, 1.807) is 6.07 Å². The van der Waals surface area contributed by atoms with Crippen molar-refractivity contribution in [2.45, 2.75) is 32.2 Å². The standard InChI is InChI=1S/C12H18N2O/c1-8-6-12(15)10-7-9(14(2)3)4-5-11(10)13-8/h6,9H,4-5,7H2,1-3H3,(H,13,15). The number of rotatable bonds is 1. The topological polar surface area (TPSA) is 36.1 Å². The van der Waals surface area contributed by atoms with Crippen LogP contribution in [-0.4, -0.2) is 30.0 Å². The van der Waals surface area contributed by atoms with Gasteiger partial charge in [0.2, 0.25) is 0 Å². The van der Waals surface area contributed by atoms with Crippen molar-refractivity contribution in [2.24, 2.45) is 0 Å². The molecule has 0 fully saturated rings. The van der Waals surface area contributed by atoms with Gasteiger partial charge in [-0.3, -0.25) is 4.79 Å². The Morgan fingerprint density at radius 2 is 2.20 bits per heavy atom. The van der Waals surface area contributed by atoms with Crippen LogP contribution in [-0.2, 0) is 12.8 Å². The van der Waals surface area contributed by atoms with Gasteiger partial charge in [0.15, 0.2) is 5.43 Å². The first kappa shape index (κ1) is 10.4. The van der Waals surface area contributed by atoms with Crippen LogP contribution in [0.4, 0.5) is 0 Å². The number of aromatic amines is 1. The lowest BCUT2D eigenvalue weighted by molar-refractivity contribution is 0.266. The summed E-state index contributed by atoms with van der Waals surface area (Å²) in [6.07, 6.45) is 3.02. The molecule has 0 bridgehead atoms. The Balaban J connectivity index is 2.38. The Labute approximate surface area is 90.1 Å². The number of aromatic nitrogens is 1. The van der Waals surface area contributed by atoms with Crippen LogP contribution in [0.25, 0.3) is 0 Å². The monoisotopic (exact) mass is 206 g/mol. The van der Waals surface area contributed by atoms with E-state index >= 15 is 0 Å². The average Bonchev–Trinajstić information content (AvgIpc) is 2.16. The third-order valence-corrected chi connectivity index (χ3v) is 3.25. The number of nitrogens with zero attached hydrogens (tertiary/aromatic N) is 1. The number of aryl methyl sites for hydroxylation is 2. The van der Waals surface area contributed by atoms with Crippen LogP contribution in [0.1, 0.15) is 23.4 Å². The molecule has 1 aliphatic carbocycles. The molecule has 0 radical (unpaired) electrons. The second kappa shape index (κ2) is 3.81. The summed E-state index contributed by atoms with van der Waals surface area (Å²) in [6.45, 7) is 1.94. The molecule has 1 aromatic heterocycles. The molecule has 15 heavy (non-hydrogen) atoms. The Bertz CT molecular complexity index is 420. The highest BCUT2D eigenvalue weighted by atomic mass is 16.1. The molecule has 0 aromatic carbocycles. The average molecular weight is 206 g/mol. The van der Waals surface area contributed by atoms with Crippen molar-refractivity contribution in [1.29, 1.82) is 0 Å². The Morgan fingerprint density at radius 3 is 2.87 bits per heavy atom. The van der Waals surface area contributed by atoms with Gasteiger partial charge in [-0.2, -0.15) is 0 Å². The van der Waals surface area contributed by atoms with E-state index in [1.165, 1.54) is 0 Å². The van der Waals surface area contributed by atoms with E-state index in [2.05, 4.69) is 24.0 Å². The summed E-state index contributed by atoms with van der Waals surface area (Å²) in [6, 6.07) is 2.22. The van der Waals surface area contributed by atoms with Crippen molar-refractivity contribution >= 4 is 0 Å². The van der Waals surface area contributed by atoms with Crippen LogP contribution in [0.2, 0.25) is 0 Å². The van der Waals surface area contributed by atoms with Crippen molar-refractivity contribution in [1.82, 2.24) is 9.88 Å². The first-order valence-electron chi connectivity index (χ1n) is 5.46. The summed E-state index contributed by atoms with van der Waals surface area (Å²) in [5, 5.41) is 0. The molecule has 1 N–H and O–H groups in total. The van der Waals surface area contributed by atoms with Crippen LogP contribution >= 0.6 is 0 Å². The number of likely N-dealkylation sites (N-methyl/N-ethyl adjacent to an activating group) is 1. The highest BCUT2D eigenvalue weighted by Gasteiger charge is 2.22. The molecule has 1 unspecified atom stereocenters. The summed E-state index contributed by atoms with van der Waals surface area (Å²) < 4.78 is 0. The van der Waals surface area contributed by atoms with Crippen LogP contribution in [0.15, 0.2) is 10.9 Å². The van der Waals surface area contributed by atoms with Gasteiger partial charge in [-0.25, -0.2) is 0 Å². The summed E-state index contributed by atoms with van der Waals surface area (Å²) in [5.41, 5.74) is 3.32. The lowest BCUT2D eigenvalue weighted by Gasteiger charge is -2.29. The van der Waals surface area contributed by atoms with Crippen LogP contribution in [0.5, 0.6) is 0 Å². The van der Waals surface area contributed by atoms with Gasteiger partial charge in [-0.15, -0.1) is 0 Å². The Kier molecular flexibility index (Phi) is 2.65. The zero-order valence-corrected chi connectivity index (χ0v) is 9.63. The Morgan fingerprint density at radius 1 is 1.47 bits per heavy atom. The molecule has 2 rings (SSSR count). The molecule has 3 heteroatoms. The molecule has 0 spiro atoms. The van der Waals surface area contributed by atoms with Crippen molar-refractivity contribution in [3.05, 3.63) is 33.2 Å². The lowest BCUT2D eigenvalue weighted by Crippen LogP contribution is -2.36. The molecule has 0 amide bonds. The second-order valence-corrected chi connectivity index (χ2v) is 4.63. The fraction of sp³-hybridized carbons (Fsp3) is 0.583. The molecule has 0 saturated heterocycles. The van der Waals surface area contributed by atoms with Gasteiger partial charge >= 0.3 is 0 Å². The summed E-state index contributed by atoms with van der Waals surface area (Å²) in [5.74, 6) is 0. The largest absolute Gasteiger partial charge is 0.362 e. The van der Waals surface area contributed by atoms with Crippen LogP contribution < -0.4 is 5.43 Å². The smallest absolute Gasteiger partial charge is 0.185 e. The first-order chi connectivity index (χ1) is 7.08. The van der Waals surface area contributed by atoms with Crippen LogP contribution in [0.3, 0.4) is 0 Å². The maximum Gasteiger partial charge on any atom is 0.185 e. The predicted octanol–water partition coefficient (Wildman–Crippen LogP) is 1.10. The lowest BCUT2D eigenvalue weighted by atomic mass is 9.90. The third kappa shape index (κ3) is 1.97. The molecule has 1 atom stereocenters. The molecular weight excluding hydrogens is 188 g/mol. The van der Waals surface area contributed by atoms with E-state index in [0.717, 1.165) is 36.2 Å². The summed E-state index contributed by atoms with van der Waals surface area (Å²) >= 11 is 0. The quantitative estimate of drug-likeness (QED) is 0.747.